The lowest BCUT2D eigenvalue weighted by Gasteiger charge is -2.12. The second-order valence-corrected chi connectivity index (χ2v) is 6.75. The number of alkyl halides is 1. The van der Waals surface area contributed by atoms with E-state index in [0.29, 0.717) is 12.3 Å². The van der Waals surface area contributed by atoms with Crippen molar-refractivity contribution < 1.29 is 13.2 Å². The average molecular weight is 334 g/mol. The van der Waals surface area contributed by atoms with Gasteiger partial charge >= 0.3 is 6.03 Å². The van der Waals surface area contributed by atoms with Crippen LogP contribution in [-0.2, 0) is 16.4 Å². The zero-order valence-corrected chi connectivity index (χ0v) is 13.7. The van der Waals surface area contributed by atoms with Crippen LogP contribution in [0.5, 0.6) is 0 Å². The summed E-state index contributed by atoms with van der Waals surface area (Å²) in [5, 5.41) is 2.58. The molecule has 0 aliphatic carbocycles. The van der Waals surface area contributed by atoms with E-state index < -0.39 is 10.0 Å². The fourth-order valence-corrected chi connectivity index (χ4v) is 2.79. The summed E-state index contributed by atoms with van der Waals surface area (Å²) in [7, 11) is -0.332. The molecule has 118 valence electrons. The van der Waals surface area contributed by atoms with Crippen LogP contribution in [0.1, 0.15) is 5.56 Å². The van der Waals surface area contributed by atoms with Crippen molar-refractivity contribution in [3.05, 3.63) is 29.8 Å². The zero-order valence-electron chi connectivity index (χ0n) is 12.1. The summed E-state index contributed by atoms with van der Waals surface area (Å²) in [6.45, 7) is 0.353. The number of urea groups is 1. The van der Waals surface area contributed by atoms with Gasteiger partial charge in [-0.15, -0.1) is 11.6 Å². The minimum absolute atomic E-state index is 0.130. The van der Waals surface area contributed by atoms with E-state index in [0.717, 1.165) is 5.56 Å². The molecule has 21 heavy (non-hydrogen) atoms. The Morgan fingerprint density at radius 3 is 2.33 bits per heavy atom. The monoisotopic (exact) mass is 333 g/mol. The first-order chi connectivity index (χ1) is 9.86. The molecule has 1 aromatic rings. The molecule has 1 aromatic carbocycles. The lowest BCUT2D eigenvalue weighted by molar-refractivity contribution is 0.217. The Morgan fingerprint density at radius 1 is 1.19 bits per heavy atom. The molecule has 6 nitrogen and oxygen atoms in total. The Balaban J connectivity index is 2.51. The Labute approximate surface area is 130 Å². The van der Waals surface area contributed by atoms with Crippen LogP contribution in [0, 0.1) is 0 Å². The molecule has 0 spiro atoms. The largest absolute Gasteiger partial charge is 0.337 e. The van der Waals surface area contributed by atoms with Crippen molar-refractivity contribution in [2.45, 2.75) is 11.3 Å². The molecule has 0 unspecified atom stereocenters. The fourth-order valence-electron chi connectivity index (χ4n) is 1.54. The summed E-state index contributed by atoms with van der Waals surface area (Å²) in [5.74, 6) is 0.496. The number of hydrogen-bond acceptors (Lipinski definition) is 3. The SMILES string of the molecule is CN(C)C(=O)NCCNS(=O)(=O)c1ccc(CCCl)cc1. The van der Waals surface area contributed by atoms with Gasteiger partial charge in [-0.05, 0) is 24.1 Å². The Bertz CT molecular complexity index is 559. The van der Waals surface area contributed by atoms with Crippen LogP contribution in [0.15, 0.2) is 29.2 Å². The van der Waals surface area contributed by atoms with Crippen LogP contribution in [-0.4, -0.2) is 52.4 Å². The molecule has 0 bridgehead atoms. The number of sulfonamides is 1. The van der Waals surface area contributed by atoms with Crippen LogP contribution in [0.2, 0.25) is 0 Å². The van der Waals surface area contributed by atoms with E-state index in [-0.39, 0.29) is 24.0 Å². The van der Waals surface area contributed by atoms with Gasteiger partial charge in [-0.2, -0.15) is 0 Å². The summed E-state index contributed by atoms with van der Waals surface area (Å²) in [4.78, 5) is 12.8. The lowest BCUT2D eigenvalue weighted by atomic mass is 10.2. The maximum atomic E-state index is 12.0. The summed E-state index contributed by atoms with van der Waals surface area (Å²) >= 11 is 5.63. The molecule has 2 N–H and O–H groups in total. The molecular weight excluding hydrogens is 314 g/mol. The number of carbonyl (C=O) groups is 1. The maximum absolute atomic E-state index is 12.0. The van der Waals surface area contributed by atoms with E-state index in [1.807, 2.05) is 0 Å². The molecule has 0 saturated carbocycles. The molecule has 0 aliphatic heterocycles. The molecule has 0 radical (unpaired) electrons. The number of aryl methyl sites for hydroxylation is 1. The topological polar surface area (TPSA) is 78.5 Å². The van der Waals surface area contributed by atoms with Crippen LogP contribution >= 0.6 is 11.6 Å². The van der Waals surface area contributed by atoms with Crippen molar-refractivity contribution in [3.8, 4) is 0 Å². The van der Waals surface area contributed by atoms with Gasteiger partial charge < -0.3 is 10.2 Å². The molecule has 0 aromatic heterocycles. The van der Waals surface area contributed by atoms with Gasteiger partial charge in [0.25, 0.3) is 0 Å². The number of rotatable bonds is 7. The third-order valence-electron chi connectivity index (χ3n) is 2.72. The third-order valence-corrected chi connectivity index (χ3v) is 4.38. The van der Waals surface area contributed by atoms with Gasteiger partial charge in [0.15, 0.2) is 0 Å². The number of hydrogen-bond donors (Lipinski definition) is 2. The highest BCUT2D eigenvalue weighted by atomic mass is 35.5. The van der Waals surface area contributed by atoms with E-state index in [9.17, 15) is 13.2 Å². The highest BCUT2D eigenvalue weighted by Gasteiger charge is 2.13. The number of benzene rings is 1. The van der Waals surface area contributed by atoms with Gasteiger partial charge in [0.2, 0.25) is 10.0 Å². The van der Waals surface area contributed by atoms with Crippen molar-refractivity contribution in [1.82, 2.24) is 14.9 Å². The number of halogens is 1. The van der Waals surface area contributed by atoms with E-state index in [1.165, 1.54) is 4.90 Å². The molecule has 2 amide bonds. The van der Waals surface area contributed by atoms with Gasteiger partial charge in [0.05, 0.1) is 4.90 Å². The summed E-state index contributed by atoms with van der Waals surface area (Å²) in [6.07, 6.45) is 0.700. The molecule has 0 aliphatic rings. The molecule has 0 saturated heterocycles. The summed E-state index contributed by atoms with van der Waals surface area (Å²) in [5.41, 5.74) is 0.988. The smallest absolute Gasteiger partial charge is 0.316 e. The van der Waals surface area contributed by atoms with Crippen molar-refractivity contribution in [3.63, 3.8) is 0 Å². The molecule has 0 fully saturated rings. The van der Waals surface area contributed by atoms with Crippen LogP contribution in [0.4, 0.5) is 4.79 Å². The van der Waals surface area contributed by atoms with E-state index in [4.69, 9.17) is 11.6 Å². The first kappa shape index (κ1) is 17.7. The minimum Gasteiger partial charge on any atom is -0.337 e. The van der Waals surface area contributed by atoms with Crippen molar-refractivity contribution in [1.29, 1.82) is 0 Å². The first-order valence-electron chi connectivity index (χ1n) is 6.46. The standard InChI is InChI=1S/C13H20ClN3O3S/c1-17(2)13(18)15-9-10-16-21(19,20)12-5-3-11(4-6-12)7-8-14/h3-6,16H,7-10H2,1-2H3,(H,15,18). The molecule has 0 heterocycles. The van der Waals surface area contributed by atoms with Crippen LogP contribution in [0.25, 0.3) is 0 Å². The maximum Gasteiger partial charge on any atom is 0.316 e. The molecule has 1 rings (SSSR count). The second-order valence-electron chi connectivity index (χ2n) is 4.61. The van der Waals surface area contributed by atoms with E-state index in [2.05, 4.69) is 10.0 Å². The number of carbonyl (C=O) groups excluding carboxylic acids is 1. The Hall–Kier alpha value is -1.31. The second kappa shape index (κ2) is 8.21. The summed E-state index contributed by atoms with van der Waals surface area (Å²) < 4.78 is 26.5. The van der Waals surface area contributed by atoms with E-state index in [1.54, 1.807) is 38.4 Å². The Kier molecular flexibility index (Phi) is 6.94. The van der Waals surface area contributed by atoms with Gasteiger partial charge in [-0.3, -0.25) is 0 Å². The van der Waals surface area contributed by atoms with Crippen molar-refractivity contribution in [2.75, 3.05) is 33.1 Å². The lowest BCUT2D eigenvalue weighted by Crippen LogP contribution is -2.39. The molecular formula is C13H20ClN3O3S. The van der Waals surface area contributed by atoms with Gasteiger partial charge in [-0.25, -0.2) is 17.9 Å². The predicted molar refractivity (Wildman–Crippen MR) is 83.1 cm³/mol. The van der Waals surface area contributed by atoms with Gasteiger partial charge in [0.1, 0.15) is 0 Å². The highest BCUT2D eigenvalue weighted by Crippen LogP contribution is 2.11. The zero-order chi connectivity index (χ0) is 15.9. The number of nitrogens with one attached hydrogen (secondary N) is 2. The normalized spacial score (nSPS) is 11.2. The minimum atomic E-state index is -3.56. The number of amides is 2. The average Bonchev–Trinajstić information content (AvgIpc) is 2.44. The first-order valence-corrected chi connectivity index (χ1v) is 8.48. The summed E-state index contributed by atoms with van der Waals surface area (Å²) in [6, 6.07) is 6.31. The number of nitrogens with zero attached hydrogens (tertiary/aromatic N) is 1. The van der Waals surface area contributed by atoms with E-state index >= 15 is 0 Å². The fraction of sp³-hybridized carbons (Fsp3) is 0.462. The third kappa shape index (κ3) is 5.91. The molecule has 0 atom stereocenters. The predicted octanol–water partition coefficient (Wildman–Crippen LogP) is 1.02. The quantitative estimate of drug-likeness (QED) is 0.577. The van der Waals surface area contributed by atoms with Gasteiger partial charge in [0, 0.05) is 33.1 Å². The van der Waals surface area contributed by atoms with Crippen LogP contribution in [0.3, 0.4) is 0 Å². The molecule has 8 heteroatoms. The van der Waals surface area contributed by atoms with Crippen molar-refractivity contribution in [2.24, 2.45) is 0 Å². The van der Waals surface area contributed by atoms with Crippen molar-refractivity contribution >= 4 is 27.7 Å². The Morgan fingerprint density at radius 2 is 1.81 bits per heavy atom. The van der Waals surface area contributed by atoms with Gasteiger partial charge in [-0.1, -0.05) is 12.1 Å². The highest BCUT2D eigenvalue weighted by molar-refractivity contribution is 7.89. The van der Waals surface area contributed by atoms with Crippen LogP contribution < -0.4 is 10.0 Å².